The molecule has 1 fully saturated rings. The fraction of sp³-hybridized carbons (Fsp3) is 0.483. The molecule has 2 aromatic rings. The van der Waals surface area contributed by atoms with Gasteiger partial charge in [0.05, 0.1) is 0 Å². The van der Waals surface area contributed by atoms with E-state index in [0.29, 0.717) is 32.5 Å². The second-order valence-electron chi connectivity index (χ2n) is 10.3. The van der Waals surface area contributed by atoms with Crippen molar-refractivity contribution in [2.75, 3.05) is 25.0 Å². The van der Waals surface area contributed by atoms with Crippen molar-refractivity contribution in [1.29, 1.82) is 0 Å². The SMILES string of the molecule is CCc1ccc(CC(C)(NC(=O)N2CCC(N3CCc4ccccc4NC3=O)CC2)C(=O)O)cc1CC. The molecule has 3 N–H and O–H groups in total. The standard InChI is InChI=1S/C29H38N4O4/c1-4-21-11-10-20(18-22(21)5-2)19-29(3,26(34)35)31-28(37)32-15-13-24(14-16-32)33-17-12-23-8-6-7-9-25(23)30-27(33)36/h6-11,18,24H,4-5,12-17,19H2,1-3H3,(H,30,36)(H,31,37)(H,34,35). The first-order valence-corrected chi connectivity index (χ1v) is 13.3. The highest BCUT2D eigenvalue weighted by Crippen LogP contribution is 2.25. The molecule has 1 saturated heterocycles. The number of piperidine rings is 1. The van der Waals surface area contributed by atoms with Crippen molar-refractivity contribution < 1.29 is 19.5 Å². The van der Waals surface area contributed by atoms with Gasteiger partial charge >= 0.3 is 18.0 Å². The molecule has 0 aromatic heterocycles. The summed E-state index contributed by atoms with van der Waals surface area (Å²) in [6.07, 6.45) is 4.10. The number of hydrogen-bond donors (Lipinski definition) is 3. The number of rotatable bonds is 7. The number of para-hydroxylation sites is 1. The molecule has 0 aliphatic carbocycles. The molecule has 0 bridgehead atoms. The van der Waals surface area contributed by atoms with E-state index in [9.17, 15) is 19.5 Å². The maximum absolute atomic E-state index is 13.1. The van der Waals surface area contributed by atoms with E-state index in [0.717, 1.165) is 36.1 Å². The number of carbonyl (C=O) groups is 3. The molecule has 2 aliphatic rings. The first-order chi connectivity index (χ1) is 17.7. The molecular weight excluding hydrogens is 468 g/mol. The number of likely N-dealkylation sites (tertiary alicyclic amines) is 1. The van der Waals surface area contributed by atoms with Crippen molar-refractivity contribution in [3.8, 4) is 0 Å². The minimum atomic E-state index is -1.43. The molecule has 2 aromatic carbocycles. The smallest absolute Gasteiger partial charge is 0.329 e. The lowest BCUT2D eigenvalue weighted by atomic mass is 9.90. The molecule has 198 valence electrons. The molecule has 1 unspecified atom stereocenters. The van der Waals surface area contributed by atoms with Gasteiger partial charge < -0.3 is 25.5 Å². The number of carboxylic acids is 1. The van der Waals surface area contributed by atoms with Crippen LogP contribution in [0.5, 0.6) is 0 Å². The molecule has 4 amide bonds. The zero-order valence-corrected chi connectivity index (χ0v) is 22.0. The van der Waals surface area contributed by atoms with Crippen molar-refractivity contribution in [1.82, 2.24) is 15.1 Å². The van der Waals surface area contributed by atoms with Gasteiger partial charge in [-0.1, -0.05) is 50.2 Å². The van der Waals surface area contributed by atoms with Gasteiger partial charge in [-0.15, -0.1) is 0 Å². The molecule has 2 aliphatic heterocycles. The van der Waals surface area contributed by atoms with Gasteiger partial charge in [0.25, 0.3) is 0 Å². The monoisotopic (exact) mass is 506 g/mol. The van der Waals surface area contributed by atoms with Crippen LogP contribution in [0.4, 0.5) is 15.3 Å². The lowest BCUT2D eigenvalue weighted by molar-refractivity contribution is -0.143. The van der Waals surface area contributed by atoms with Gasteiger partial charge in [0.2, 0.25) is 0 Å². The van der Waals surface area contributed by atoms with E-state index in [2.05, 4.69) is 36.6 Å². The lowest BCUT2D eigenvalue weighted by Crippen LogP contribution is -2.59. The molecule has 0 radical (unpaired) electrons. The maximum Gasteiger partial charge on any atom is 0.329 e. The topological polar surface area (TPSA) is 102 Å². The van der Waals surface area contributed by atoms with Crippen LogP contribution in [0, 0.1) is 0 Å². The quantitative estimate of drug-likeness (QED) is 0.516. The molecule has 2 heterocycles. The van der Waals surface area contributed by atoms with Gasteiger partial charge in [0, 0.05) is 37.8 Å². The van der Waals surface area contributed by atoms with Gasteiger partial charge in [0.1, 0.15) is 5.54 Å². The van der Waals surface area contributed by atoms with E-state index in [-0.39, 0.29) is 24.5 Å². The number of benzene rings is 2. The number of anilines is 1. The zero-order valence-electron chi connectivity index (χ0n) is 22.0. The summed E-state index contributed by atoms with van der Waals surface area (Å²) in [5, 5.41) is 15.8. The van der Waals surface area contributed by atoms with E-state index in [1.54, 1.807) is 11.8 Å². The average Bonchev–Trinajstić information content (AvgIpc) is 3.06. The van der Waals surface area contributed by atoms with Crippen LogP contribution in [0.2, 0.25) is 0 Å². The van der Waals surface area contributed by atoms with Gasteiger partial charge in [-0.3, -0.25) is 0 Å². The zero-order chi connectivity index (χ0) is 26.6. The average molecular weight is 507 g/mol. The number of nitrogens with zero attached hydrogens (tertiary/aromatic N) is 2. The van der Waals surface area contributed by atoms with Crippen molar-refractivity contribution in [3.63, 3.8) is 0 Å². The number of carboxylic acid groups (broad SMARTS) is 1. The molecule has 8 nitrogen and oxygen atoms in total. The predicted octanol–water partition coefficient (Wildman–Crippen LogP) is 4.46. The molecule has 4 rings (SSSR count). The molecule has 37 heavy (non-hydrogen) atoms. The highest BCUT2D eigenvalue weighted by Gasteiger charge is 2.38. The summed E-state index contributed by atoms with van der Waals surface area (Å²) in [5.74, 6) is -1.06. The van der Waals surface area contributed by atoms with E-state index < -0.39 is 11.5 Å². The van der Waals surface area contributed by atoms with E-state index in [1.807, 2.05) is 35.2 Å². The van der Waals surface area contributed by atoms with Crippen LogP contribution in [-0.2, 0) is 30.5 Å². The minimum Gasteiger partial charge on any atom is -0.480 e. The molecule has 0 saturated carbocycles. The van der Waals surface area contributed by atoms with Crippen molar-refractivity contribution >= 4 is 23.7 Å². The normalized spacial score (nSPS) is 17.9. The Bertz CT molecular complexity index is 1160. The van der Waals surface area contributed by atoms with Crippen LogP contribution in [0.1, 0.15) is 55.9 Å². The Hall–Kier alpha value is -3.55. The Labute approximate surface area is 219 Å². The van der Waals surface area contributed by atoms with Crippen LogP contribution in [-0.4, -0.2) is 64.2 Å². The van der Waals surface area contributed by atoms with E-state index in [4.69, 9.17) is 0 Å². The van der Waals surface area contributed by atoms with Crippen LogP contribution in [0.25, 0.3) is 0 Å². The van der Waals surface area contributed by atoms with Crippen molar-refractivity contribution in [2.24, 2.45) is 0 Å². The second-order valence-corrected chi connectivity index (χ2v) is 10.3. The van der Waals surface area contributed by atoms with E-state index >= 15 is 0 Å². The minimum absolute atomic E-state index is 0.0359. The summed E-state index contributed by atoms with van der Waals surface area (Å²) in [7, 11) is 0. The van der Waals surface area contributed by atoms with Gasteiger partial charge in [-0.2, -0.15) is 0 Å². The van der Waals surface area contributed by atoms with Gasteiger partial charge in [-0.05, 0) is 67.3 Å². The summed E-state index contributed by atoms with van der Waals surface area (Å²) in [4.78, 5) is 41.8. The van der Waals surface area contributed by atoms with Crippen LogP contribution >= 0.6 is 0 Å². The van der Waals surface area contributed by atoms with Crippen LogP contribution in [0.3, 0.4) is 0 Å². The Balaban J connectivity index is 1.37. The Morgan fingerprint density at radius 3 is 2.43 bits per heavy atom. The largest absolute Gasteiger partial charge is 0.480 e. The number of nitrogens with one attached hydrogen (secondary N) is 2. The number of urea groups is 2. The fourth-order valence-electron chi connectivity index (χ4n) is 5.48. The number of hydrogen-bond acceptors (Lipinski definition) is 3. The number of amides is 4. The summed E-state index contributed by atoms with van der Waals surface area (Å²) in [6.45, 7) is 7.33. The fourth-order valence-corrected chi connectivity index (χ4v) is 5.48. The Morgan fingerprint density at radius 2 is 1.76 bits per heavy atom. The first kappa shape index (κ1) is 26.5. The summed E-state index contributed by atoms with van der Waals surface area (Å²) in [6, 6.07) is 13.5. The van der Waals surface area contributed by atoms with Crippen molar-refractivity contribution in [3.05, 3.63) is 64.7 Å². The van der Waals surface area contributed by atoms with Crippen molar-refractivity contribution in [2.45, 2.75) is 70.9 Å². The molecular formula is C29H38N4O4. The Kier molecular flexibility index (Phi) is 8.05. The van der Waals surface area contributed by atoms with Crippen LogP contribution < -0.4 is 10.6 Å². The molecule has 0 spiro atoms. The second kappa shape index (κ2) is 11.2. The third-order valence-electron chi connectivity index (χ3n) is 7.78. The lowest BCUT2D eigenvalue weighted by Gasteiger charge is -2.39. The summed E-state index contributed by atoms with van der Waals surface area (Å²) >= 11 is 0. The highest BCUT2D eigenvalue weighted by atomic mass is 16.4. The predicted molar refractivity (Wildman–Crippen MR) is 144 cm³/mol. The number of carbonyl (C=O) groups excluding carboxylic acids is 2. The summed E-state index contributed by atoms with van der Waals surface area (Å²) < 4.78 is 0. The van der Waals surface area contributed by atoms with Gasteiger partial charge in [0.15, 0.2) is 0 Å². The maximum atomic E-state index is 13.1. The number of aliphatic carboxylic acids is 1. The third kappa shape index (κ3) is 5.89. The number of fused-ring (bicyclic) bond motifs is 1. The molecule has 1 atom stereocenters. The Morgan fingerprint density at radius 1 is 1.05 bits per heavy atom. The summed E-state index contributed by atoms with van der Waals surface area (Å²) in [5.41, 5.74) is 3.92. The first-order valence-electron chi connectivity index (χ1n) is 13.3. The van der Waals surface area contributed by atoms with Gasteiger partial charge in [-0.25, -0.2) is 14.4 Å². The van der Waals surface area contributed by atoms with E-state index in [1.165, 1.54) is 11.1 Å². The highest BCUT2D eigenvalue weighted by molar-refractivity contribution is 5.91. The third-order valence-corrected chi connectivity index (χ3v) is 7.78. The van der Waals surface area contributed by atoms with Crippen LogP contribution in [0.15, 0.2) is 42.5 Å². The number of aryl methyl sites for hydroxylation is 2. The molecule has 8 heteroatoms.